The smallest absolute Gasteiger partial charge is 0.340 e. The number of hydrogen-bond acceptors (Lipinski definition) is 5. The fraction of sp³-hybridized carbons (Fsp3) is 0.188. The third-order valence-corrected chi connectivity index (χ3v) is 2.91. The fourth-order valence-corrected chi connectivity index (χ4v) is 1.91. The Morgan fingerprint density at radius 1 is 1.18 bits per heavy atom. The first-order valence-electron chi connectivity index (χ1n) is 6.72. The Labute approximate surface area is 128 Å². The first-order valence-corrected chi connectivity index (χ1v) is 6.72. The van der Waals surface area contributed by atoms with Gasteiger partial charge in [-0.1, -0.05) is 12.1 Å². The third kappa shape index (κ3) is 3.41. The molecule has 6 nitrogen and oxygen atoms in total. The molecule has 0 atom stereocenters. The van der Waals surface area contributed by atoms with Crippen molar-refractivity contribution < 1.29 is 19.1 Å². The number of hydrogen-bond donors (Lipinski definition) is 1. The molecule has 0 aliphatic rings. The van der Waals surface area contributed by atoms with Gasteiger partial charge in [-0.15, -0.1) is 0 Å². The summed E-state index contributed by atoms with van der Waals surface area (Å²) in [5.74, 6) is -0.455. The van der Waals surface area contributed by atoms with Crippen molar-refractivity contribution in [3.8, 4) is 5.75 Å². The van der Waals surface area contributed by atoms with Crippen LogP contribution in [-0.4, -0.2) is 30.6 Å². The molecular formula is C16H16N2O4. The van der Waals surface area contributed by atoms with E-state index >= 15 is 0 Å². The van der Waals surface area contributed by atoms with Crippen molar-refractivity contribution >= 4 is 17.6 Å². The highest BCUT2D eigenvalue weighted by Gasteiger charge is 2.17. The number of pyridine rings is 1. The summed E-state index contributed by atoms with van der Waals surface area (Å²) < 4.78 is 10.1. The Balaban J connectivity index is 2.28. The number of nitrogens with one attached hydrogen (secondary N) is 1. The molecule has 1 heterocycles. The number of carbonyl (C=O) groups excluding carboxylic acids is 2. The van der Waals surface area contributed by atoms with Gasteiger partial charge >= 0.3 is 5.97 Å². The van der Waals surface area contributed by atoms with Gasteiger partial charge in [0.2, 0.25) is 0 Å². The summed E-state index contributed by atoms with van der Waals surface area (Å²) in [6, 6.07) is 8.36. The molecule has 0 radical (unpaired) electrons. The van der Waals surface area contributed by atoms with E-state index in [1.807, 2.05) is 6.92 Å². The molecule has 0 unspecified atom stereocenters. The second kappa shape index (κ2) is 7.21. The van der Waals surface area contributed by atoms with Crippen LogP contribution >= 0.6 is 0 Å². The highest BCUT2D eigenvalue weighted by molar-refractivity contribution is 6.09. The lowest BCUT2D eigenvalue weighted by atomic mass is 10.1. The molecule has 22 heavy (non-hydrogen) atoms. The molecule has 0 fully saturated rings. The summed E-state index contributed by atoms with van der Waals surface area (Å²) in [7, 11) is 1.28. The van der Waals surface area contributed by atoms with E-state index in [-0.39, 0.29) is 17.2 Å². The standard InChI is InChI=1S/C16H16N2O4/c1-3-22-14-7-5-4-6-12(14)15(19)18-13-10-17-9-8-11(13)16(20)21-2/h4-10H,3H2,1-2H3,(H,18,19). The molecule has 6 heteroatoms. The van der Waals surface area contributed by atoms with Gasteiger partial charge < -0.3 is 14.8 Å². The van der Waals surface area contributed by atoms with Crippen molar-refractivity contribution in [2.45, 2.75) is 6.92 Å². The maximum absolute atomic E-state index is 12.4. The van der Waals surface area contributed by atoms with Gasteiger partial charge in [-0.25, -0.2) is 4.79 Å². The minimum Gasteiger partial charge on any atom is -0.493 e. The minimum atomic E-state index is -0.546. The van der Waals surface area contributed by atoms with Crippen molar-refractivity contribution in [2.75, 3.05) is 19.0 Å². The van der Waals surface area contributed by atoms with Crippen LogP contribution in [-0.2, 0) is 4.74 Å². The summed E-state index contributed by atoms with van der Waals surface area (Å²) >= 11 is 0. The number of rotatable bonds is 5. The molecule has 0 bridgehead atoms. The summed E-state index contributed by atoms with van der Waals surface area (Å²) in [5, 5.41) is 2.66. The average molecular weight is 300 g/mol. The number of esters is 1. The van der Waals surface area contributed by atoms with E-state index in [1.165, 1.54) is 25.6 Å². The van der Waals surface area contributed by atoms with Crippen LogP contribution in [0, 0.1) is 0 Å². The van der Waals surface area contributed by atoms with E-state index in [1.54, 1.807) is 24.3 Å². The predicted octanol–water partition coefficient (Wildman–Crippen LogP) is 2.52. The summed E-state index contributed by atoms with van der Waals surface area (Å²) in [4.78, 5) is 28.0. The Hall–Kier alpha value is -2.89. The number of aromatic nitrogens is 1. The first kappa shape index (κ1) is 15.5. The Bertz CT molecular complexity index is 685. The SMILES string of the molecule is CCOc1ccccc1C(=O)Nc1cnccc1C(=O)OC. The van der Waals surface area contributed by atoms with Crippen LogP contribution in [0.3, 0.4) is 0 Å². The quantitative estimate of drug-likeness (QED) is 0.858. The lowest BCUT2D eigenvalue weighted by Crippen LogP contribution is -2.16. The van der Waals surface area contributed by atoms with E-state index in [2.05, 4.69) is 15.0 Å². The molecule has 1 N–H and O–H groups in total. The van der Waals surface area contributed by atoms with Crippen LogP contribution in [0.15, 0.2) is 42.7 Å². The second-order valence-electron chi connectivity index (χ2n) is 4.30. The second-order valence-corrected chi connectivity index (χ2v) is 4.30. The minimum absolute atomic E-state index is 0.236. The van der Waals surface area contributed by atoms with E-state index in [9.17, 15) is 9.59 Å². The van der Waals surface area contributed by atoms with E-state index in [4.69, 9.17) is 4.74 Å². The zero-order chi connectivity index (χ0) is 15.9. The summed E-state index contributed by atoms with van der Waals surface area (Å²) in [6.07, 6.45) is 2.85. The van der Waals surface area contributed by atoms with E-state index in [0.717, 1.165) is 0 Å². The molecule has 0 aliphatic heterocycles. The number of ether oxygens (including phenoxy) is 2. The van der Waals surface area contributed by atoms with Gasteiger partial charge in [0.1, 0.15) is 5.75 Å². The number of carbonyl (C=O) groups is 2. The number of methoxy groups -OCH3 is 1. The Morgan fingerprint density at radius 2 is 1.95 bits per heavy atom. The van der Waals surface area contributed by atoms with Gasteiger partial charge in [-0.3, -0.25) is 9.78 Å². The van der Waals surface area contributed by atoms with Gasteiger partial charge in [0.05, 0.1) is 36.7 Å². The van der Waals surface area contributed by atoms with Gasteiger partial charge in [0, 0.05) is 6.20 Å². The van der Waals surface area contributed by atoms with Crippen LogP contribution in [0.1, 0.15) is 27.6 Å². The van der Waals surface area contributed by atoms with E-state index < -0.39 is 5.97 Å². The topological polar surface area (TPSA) is 77.5 Å². The van der Waals surface area contributed by atoms with Crippen LogP contribution in [0.5, 0.6) is 5.75 Å². The molecule has 114 valence electrons. The van der Waals surface area contributed by atoms with Crippen molar-refractivity contribution in [1.29, 1.82) is 0 Å². The maximum atomic E-state index is 12.4. The highest BCUT2D eigenvalue weighted by Crippen LogP contribution is 2.21. The monoisotopic (exact) mass is 300 g/mol. The number of benzene rings is 1. The predicted molar refractivity (Wildman–Crippen MR) is 81.1 cm³/mol. The van der Waals surface area contributed by atoms with Crippen molar-refractivity contribution in [3.05, 3.63) is 53.9 Å². The van der Waals surface area contributed by atoms with Crippen molar-refractivity contribution in [2.24, 2.45) is 0 Å². The first-order chi connectivity index (χ1) is 10.7. The van der Waals surface area contributed by atoms with Crippen molar-refractivity contribution in [1.82, 2.24) is 4.98 Å². The zero-order valence-electron chi connectivity index (χ0n) is 12.3. The molecule has 1 amide bonds. The Morgan fingerprint density at radius 3 is 2.68 bits per heavy atom. The third-order valence-electron chi connectivity index (χ3n) is 2.91. The molecule has 0 saturated heterocycles. The van der Waals surface area contributed by atoms with Gasteiger partial charge in [0.25, 0.3) is 5.91 Å². The molecule has 0 spiro atoms. The van der Waals surface area contributed by atoms with Gasteiger partial charge in [0.15, 0.2) is 0 Å². The number of amides is 1. The maximum Gasteiger partial charge on any atom is 0.340 e. The molecule has 1 aromatic heterocycles. The van der Waals surface area contributed by atoms with E-state index in [0.29, 0.717) is 17.9 Å². The number of nitrogens with zero attached hydrogens (tertiary/aromatic N) is 1. The van der Waals surface area contributed by atoms with Gasteiger partial charge in [-0.05, 0) is 25.1 Å². The normalized spacial score (nSPS) is 9.91. The Kier molecular flexibility index (Phi) is 5.08. The van der Waals surface area contributed by atoms with Crippen LogP contribution in [0.25, 0.3) is 0 Å². The van der Waals surface area contributed by atoms with Crippen molar-refractivity contribution in [3.63, 3.8) is 0 Å². The highest BCUT2D eigenvalue weighted by atomic mass is 16.5. The lowest BCUT2D eigenvalue weighted by Gasteiger charge is -2.12. The average Bonchev–Trinajstić information content (AvgIpc) is 2.55. The summed E-state index contributed by atoms with van der Waals surface area (Å²) in [6.45, 7) is 2.29. The number of para-hydroxylation sites is 1. The molecule has 2 rings (SSSR count). The number of anilines is 1. The van der Waals surface area contributed by atoms with Crippen LogP contribution in [0.2, 0.25) is 0 Å². The van der Waals surface area contributed by atoms with Crippen LogP contribution in [0.4, 0.5) is 5.69 Å². The zero-order valence-corrected chi connectivity index (χ0v) is 12.3. The lowest BCUT2D eigenvalue weighted by molar-refractivity contribution is 0.0602. The fourth-order valence-electron chi connectivity index (χ4n) is 1.91. The molecule has 2 aromatic rings. The van der Waals surface area contributed by atoms with Gasteiger partial charge in [-0.2, -0.15) is 0 Å². The summed E-state index contributed by atoms with van der Waals surface area (Å²) in [5.41, 5.74) is 0.898. The largest absolute Gasteiger partial charge is 0.493 e. The molecule has 0 saturated carbocycles. The molecule has 0 aliphatic carbocycles. The van der Waals surface area contributed by atoms with Crippen LogP contribution < -0.4 is 10.1 Å². The molecular weight excluding hydrogens is 284 g/mol. The molecule has 1 aromatic carbocycles.